The van der Waals surface area contributed by atoms with E-state index in [2.05, 4.69) is 23.3 Å². The van der Waals surface area contributed by atoms with Crippen LogP contribution in [0, 0.1) is 11.3 Å². The second kappa shape index (κ2) is 12.3. The standard InChI is InChI=1S/C32H34ClFN8O/c1-20(34)31(43)42-15-14-41(19-24(42)11-12-35)30-29-27(38-32(39-30)37-18-23-8-5-13-40(23)2)16-22(17-36-29)25-9-3-6-21-7-4-10-26(33)28(21)25/h3-4,6-7,9-10,16-17,20,23-24H,5,8,11,13-15,18-19H2,1-2H3,(H,37,38,39)/t20?,23?,24-/m0/s1. The maximum Gasteiger partial charge on any atom is 0.257 e. The van der Waals surface area contributed by atoms with Crippen LogP contribution in [-0.4, -0.2) is 88.7 Å². The second-order valence-electron chi connectivity index (χ2n) is 11.4. The van der Waals surface area contributed by atoms with Crippen molar-refractivity contribution in [3.8, 4) is 17.2 Å². The van der Waals surface area contributed by atoms with Gasteiger partial charge in [0.25, 0.3) is 5.91 Å². The van der Waals surface area contributed by atoms with E-state index in [0.717, 1.165) is 41.3 Å². The minimum atomic E-state index is -1.63. The van der Waals surface area contributed by atoms with E-state index in [0.29, 0.717) is 53.5 Å². The van der Waals surface area contributed by atoms with Gasteiger partial charge < -0.3 is 20.0 Å². The van der Waals surface area contributed by atoms with Crippen LogP contribution in [0.3, 0.4) is 0 Å². The van der Waals surface area contributed by atoms with Gasteiger partial charge in [-0.3, -0.25) is 9.78 Å². The van der Waals surface area contributed by atoms with E-state index in [1.54, 1.807) is 0 Å². The molecule has 1 amide bonds. The first-order valence-corrected chi connectivity index (χ1v) is 15.1. The van der Waals surface area contributed by atoms with Gasteiger partial charge in [0.2, 0.25) is 5.95 Å². The number of likely N-dealkylation sites (tertiary alicyclic amines) is 1. The van der Waals surface area contributed by atoms with E-state index in [1.807, 2.05) is 53.6 Å². The van der Waals surface area contributed by atoms with E-state index in [9.17, 15) is 14.4 Å². The first-order valence-electron chi connectivity index (χ1n) is 14.7. The smallest absolute Gasteiger partial charge is 0.257 e. The number of alkyl halides is 1. The minimum absolute atomic E-state index is 0.0938. The molecule has 0 bridgehead atoms. The molecule has 2 aliphatic rings. The van der Waals surface area contributed by atoms with Crippen LogP contribution in [0.25, 0.3) is 32.9 Å². The number of piperazine rings is 1. The predicted octanol–water partition coefficient (Wildman–Crippen LogP) is 5.29. The zero-order valence-electron chi connectivity index (χ0n) is 24.3. The molecule has 0 aliphatic carbocycles. The number of rotatable bonds is 7. The molecule has 0 saturated carbocycles. The number of hydrogen-bond donors (Lipinski definition) is 1. The van der Waals surface area contributed by atoms with E-state index < -0.39 is 18.1 Å². The van der Waals surface area contributed by atoms with Crippen molar-refractivity contribution >= 4 is 51.1 Å². The Balaban J connectivity index is 1.41. The highest BCUT2D eigenvalue weighted by Crippen LogP contribution is 2.36. The molecule has 2 fully saturated rings. The topological polar surface area (TPSA) is 101 Å². The average Bonchev–Trinajstić information content (AvgIpc) is 3.43. The molecule has 2 aliphatic heterocycles. The molecule has 0 radical (unpaired) electrons. The van der Waals surface area contributed by atoms with Gasteiger partial charge in [-0.25, -0.2) is 9.37 Å². The van der Waals surface area contributed by atoms with Crippen LogP contribution in [0.15, 0.2) is 48.7 Å². The molecule has 9 nitrogen and oxygen atoms in total. The van der Waals surface area contributed by atoms with Crippen molar-refractivity contribution in [2.75, 3.05) is 50.0 Å². The summed E-state index contributed by atoms with van der Waals surface area (Å²) in [6.45, 7) is 4.07. The first-order chi connectivity index (χ1) is 20.8. The van der Waals surface area contributed by atoms with Crippen LogP contribution < -0.4 is 10.2 Å². The molecular weight excluding hydrogens is 567 g/mol. The van der Waals surface area contributed by atoms with Gasteiger partial charge in [-0.05, 0) is 56.4 Å². The molecule has 6 rings (SSSR count). The van der Waals surface area contributed by atoms with Gasteiger partial charge in [0.1, 0.15) is 5.52 Å². The summed E-state index contributed by atoms with van der Waals surface area (Å²) >= 11 is 6.65. The van der Waals surface area contributed by atoms with Gasteiger partial charge in [0.05, 0.1) is 24.0 Å². The average molecular weight is 601 g/mol. The van der Waals surface area contributed by atoms with Gasteiger partial charge >= 0.3 is 0 Å². The summed E-state index contributed by atoms with van der Waals surface area (Å²) in [7, 11) is 2.13. The third-order valence-corrected chi connectivity index (χ3v) is 8.90. The Labute approximate surface area is 255 Å². The summed E-state index contributed by atoms with van der Waals surface area (Å²) < 4.78 is 14.0. The summed E-state index contributed by atoms with van der Waals surface area (Å²) in [5, 5.41) is 15.6. The van der Waals surface area contributed by atoms with Crippen molar-refractivity contribution in [2.45, 2.75) is 44.4 Å². The Kier molecular flexibility index (Phi) is 8.28. The third-order valence-electron chi connectivity index (χ3n) is 8.58. The molecule has 11 heteroatoms. The number of hydrogen-bond acceptors (Lipinski definition) is 8. The number of halogens is 2. The highest BCUT2D eigenvalue weighted by molar-refractivity contribution is 6.36. The number of nitrogens with one attached hydrogen (secondary N) is 1. The number of anilines is 2. The monoisotopic (exact) mass is 600 g/mol. The number of aromatic nitrogens is 3. The Hall–Kier alpha value is -4.07. The predicted molar refractivity (Wildman–Crippen MR) is 168 cm³/mol. The SMILES string of the molecule is CC(F)C(=O)N1CCN(c2nc(NCC3CCCN3C)nc3cc(-c4cccc5cccc(Cl)c45)cnc23)C[C@@H]1CC#N. The zero-order valence-corrected chi connectivity index (χ0v) is 25.1. The number of carbonyl (C=O) groups excluding carboxylic acids is 1. The number of fused-ring (bicyclic) bond motifs is 2. The molecule has 2 aromatic heterocycles. The van der Waals surface area contributed by atoms with Crippen LogP contribution >= 0.6 is 11.6 Å². The number of likely N-dealkylation sites (N-methyl/N-ethyl adjacent to an activating group) is 1. The molecule has 0 spiro atoms. The summed E-state index contributed by atoms with van der Waals surface area (Å²) in [5.74, 6) is 0.524. The minimum Gasteiger partial charge on any atom is -0.353 e. The van der Waals surface area contributed by atoms with Gasteiger partial charge in [-0.2, -0.15) is 10.2 Å². The number of benzene rings is 2. The maximum absolute atomic E-state index is 14.0. The lowest BCUT2D eigenvalue weighted by Gasteiger charge is -2.41. The molecule has 4 aromatic rings. The highest BCUT2D eigenvalue weighted by Gasteiger charge is 2.34. The molecule has 4 heterocycles. The molecule has 222 valence electrons. The van der Waals surface area contributed by atoms with Crippen molar-refractivity contribution in [3.05, 3.63) is 53.7 Å². The van der Waals surface area contributed by atoms with Gasteiger partial charge in [0, 0.05) is 54.4 Å². The van der Waals surface area contributed by atoms with E-state index >= 15 is 0 Å². The van der Waals surface area contributed by atoms with Crippen LogP contribution in [0.4, 0.5) is 16.2 Å². The Morgan fingerprint density at radius 1 is 1.19 bits per heavy atom. The molecule has 2 aromatic carbocycles. The summed E-state index contributed by atoms with van der Waals surface area (Å²) in [5.41, 5.74) is 3.13. The number of pyridine rings is 1. The van der Waals surface area contributed by atoms with Gasteiger partial charge in [-0.15, -0.1) is 0 Å². The highest BCUT2D eigenvalue weighted by atomic mass is 35.5. The second-order valence-corrected chi connectivity index (χ2v) is 11.8. The van der Waals surface area contributed by atoms with Crippen molar-refractivity contribution < 1.29 is 9.18 Å². The van der Waals surface area contributed by atoms with Crippen LogP contribution in [0.1, 0.15) is 26.2 Å². The lowest BCUT2D eigenvalue weighted by molar-refractivity contribution is -0.138. The van der Waals surface area contributed by atoms with Crippen molar-refractivity contribution in [1.29, 1.82) is 5.26 Å². The molecular formula is C32H34ClFN8O. The summed E-state index contributed by atoms with van der Waals surface area (Å²) in [6, 6.07) is 16.0. The molecule has 2 unspecified atom stereocenters. The van der Waals surface area contributed by atoms with Crippen LogP contribution in [-0.2, 0) is 4.79 Å². The van der Waals surface area contributed by atoms with Gasteiger partial charge in [-0.1, -0.05) is 41.9 Å². The van der Waals surface area contributed by atoms with Crippen molar-refractivity contribution in [2.24, 2.45) is 0 Å². The fourth-order valence-corrected chi connectivity index (χ4v) is 6.56. The first kappa shape index (κ1) is 29.0. The molecule has 43 heavy (non-hydrogen) atoms. The largest absolute Gasteiger partial charge is 0.353 e. The fraction of sp³-hybridized carbons (Fsp3) is 0.406. The van der Waals surface area contributed by atoms with E-state index in [-0.39, 0.29) is 13.0 Å². The normalized spacial score (nSPS) is 20.0. The van der Waals surface area contributed by atoms with Gasteiger partial charge in [0.15, 0.2) is 12.0 Å². The Morgan fingerprint density at radius 2 is 2.00 bits per heavy atom. The Morgan fingerprint density at radius 3 is 2.74 bits per heavy atom. The maximum atomic E-state index is 14.0. The number of nitrogens with zero attached hydrogens (tertiary/aromatic N) is 7. The van der Waals surface area contributed by atoms with Crippen LogP contribution in [0.5, 0.6) is 0 Å². The van der Waals surface area contributed by atoms with Crippen LogP contribution in [0.2, 0.25) is 5.02 Å². The lowest BCUT2D eigenvalue weighted by Crippen LogP contribution is -2.57. The molecule has 3 atom stereocenters. The van der Waals surface area contributed by atoms with Crippen molar-refractivity contribution in [1.82, 2.24) is 24.8 Å². The summed E-state index contributed by atoms with van der Waals surface area (Å²) in [4.78, 5) is 33.1. The lowest BCUT2D eigenvalue weighted by atomic mass is 9.99. The number of amides is 1. The number of nitriles is 1. The van der Waals surface area contributed by atoms with Crippen molar-refractivity contribution in [3.63, 3.8) is 0 Å². The zero-order chi connectivity index (χ0) is 30.1. The van der Waals surface area contributed by atoms with E-state index in [4.69, 9.17) is 26.6 Å². The third kappa shape index (κ3) is 5.79. The summed E-state index contributed by atoms with van der Waals surface area (Å²) in [6.07, 6.45) is 2.55. The fourth-order valence-electron chi connectivity index (χ4n) is 6.28. The Bertz CT molecular complexity index is 1700. The molecule has 2 saturated heterocycles. The molecule has 1 N–H and O–H groups in total. The number of carbonyl (C=O) groups is 1. The quantitative estimate of drug-likeness (QED) is 0.305. The van der Waals surface area contributed by atoms with E-state index in [1.165, 1.54) is 11.8 Å².